The Labute approximate surface area is 312 Å². The Morgan fingerprint density at radius 2 is 1.02 bits per heavy atom. The Kier molecular flexibility index (Phi) is 17.6. The summed E-state index contributed by atoms with van der Waals surface area (Å²) in [5.74, 6) is 2.14. The van der Waals surface area contributed by atoms with Crippen LogP contribution < -0.4 is 60.9 Å². The number of rotatable bonds is 8. The first-order valence-electron chi connectivity index (χ1n) is 14.3. The van der Waals surface area contributed by atoms with Gasteiger partial charge in [-0.1, -0.05) is 126 Å². The minimum atomic E-state index is 0. The van der Waals surface area contributed by atoms with Gasteiger partial charge >= 0.3 is 51.4 Å². The maximum atomic E-state index is 9.02. The van der Waals surface area contributed by atoms with Gasteiger partial charge in [-0.05, 0) is 45.2 Å². The van der Waals surface area contributed by atoms with Gasteiger partial charge < -0.3 is 21.3 Å². The van der Waals surface area contributed by atoms with E-state index in [1.54, 1.807) is 0 Å². The first kappa shape index (κ1) is 39.4. The van der Waals surface area contributed by atoms with Crippen molar-refractivity contribution in [2.45, 2.75) is 77.9 Å². The summed E-state index contributed by atoms with van der Waals surface area (Å²) in [4.78, 5) is 0. The second-order valence-corrected chi connectivity index (χ2v) is 12.4. The van der Waals surface area contributed by atoms with E-state index in [-0.39, 0.29) is 62.2 Å². The van der Waals surface area contributed by atoms with Gasteiger partial charge in [0.05, 0.1) is 18.4 Å². The molecule has 0 radical (unpaired) electrons. The molecule has 0 saturated carbocycles. The van der Waals surface area contributed by atoms with E-state index in [1.165, 1.54) is 11.1 Å². The van der Waals surface area contributed by atoms with Crippen LogP contribution in [0.1, 0.15) is 74.9 Å². The smallest absolute Gasteiger partial charge is 0.512 e. The van der Waals surface area contributed by atoms with Crippen molar-refractivity contribution in [1.29, 1.82) is 10.5 Å². The van der Waals surface area contributed by atoms with Crippen LogP contribution in [0.2, 0.25) is 0 Å². The van der Waals surface area contributed by atoms with Gasteiger partial charge in [0.25, 0.3) is 0 Å². The second kappa shape index (κ2) is 19.7. The van der Waals surface area contributed by atoms with Gasteiger partial charge in [0.1, 0.15) is 24.7 Å². The average Bonchev–Trinajstić information content (AvgIpc) is 3.01. The second-order valence-electron chi connectivity index (χ2n) is 12.2. The van der Waals surface area contributed by atoms with Gasteiger partial charge in [-0.15, -0.1) is 11.6 Å². The van der Waals surface area contributed by atoms with Crippen LogP contribution in [0.15, 0.2) is 97.1 Å². The number of benzene rings is 4. The van der Waals surface area contributed by atoms with E-state index < -0.39 is 0 Å². The summed E-state index contributed by atoms with van der Waals surface area (Å²) in [6.07, 6.45) is 0.369. The van der Waals surface area contributed by atoms with Crippen molar-refractivity contribution in [3.63, 3.8) is 0 Å². The van der Waals surface area contributed by atoms with E-state index in [1.807, 2.05) is 60.7 Å². The molecule has 0 aromatic heterocycles. The van der Waals surface area contributed by atoms with Crippen LogP contribution in [0.5, 0.6) is 11.5 Å². The maximum Gasteiger partial charge on any atom is 1.00 e. The molecular formula is C38H42ClKN2O2. The summed E-state index contributed by atoms with van der Waals surface area (Å²) >= 11 is 6.06. The topological polar surface area (TPSA) is 66.0 Å². The van der Waals surface area contributed by atoms with Crippen molar-refractivity contribution >= 4 is 11.6 Å². The van der Waals surface area contributed by atoms with E-state index in [4.69, 9.17) is 38.2 Å². The largest absolute Gasteiger partial charge is 1.00 e. The molecule has 0 atom stereocenters. The Bertz CT molecular complexity index is 1470. The number of alkyl halides is 1. The fourth-order valence-corrected chi connectivity index (χ4v) is 4.38. The molecule has 4 aromatic carbocycles. The van der Waals surface area contributed by atoms with Crippen LogP contribution in [-0.4, -0.2) is 0 Å². The predicted molar refractivity (Wildman–Crippen MR) is 176 cm³/mol. The molecule has 6 heteroatoms. The van der Waals surface area contributed by atoms with Crippen LogP contribution in [0.25, 0.3) is 0 Å². The zero-order valence-corrected chi connectivity index (χ0v) is 31.0. The molecule has 0 amide bonds. The van der Waals surface area contributed by atoms with Gasteiger partial charge in [0.2, 0.25) is 0 Å². The summed E-state index contributed by atoms with van der Waals surface area (Å²) < 4.78 is 11.8. The number of nitriles is 1. The molecule has 0 spiro atoms. The van der Waals surface area contributed by atoms with Crippen molar-refractivity contribution in [3.8, 4) is 17.6 Å². The van der Waals surface area contributed by atoms with Crippen LogP contribution in [0.3, 0.4) is 0 Å². The van der Waals surface area contributed by atoms with Gasteiger partial charge in [-0.25, -0.2) is 0 Å². The third-order valence-corrected chi connectivity index (χ3v) is 7.03. The summed E-state index contributed by atoms with van der Waals surface area (Å²) in [5, 5.41) is 15.3. The number of hydrogen-bond donors (Lipinski definition) is 0. The Morgan fingerprint density at radius 3 is 1.39 bits per heavy atom. The molecule has 4 rings (SSSR count). The molecule has 0 fully saturated rings. The van der Waals surface area contributed by atoms with E-state index in [0.29, 0.717) is 25.5 Å². The van der Waals surface area contributed by atoms with Crippen molar-refractivity contribution in [1.82, 2.24) is 0 Å². The number of ether oxygens (including phenoxy) is 2. The predicted octanol–water partition coefficient (Wildman–Crippen LogP) is 7.03. The van der Waals surface area contributed by atoms with Gasteiger partial charge in [0.15, 0.2) is 0 Å². The Morgan fingerprint density at radius 1 is 0.636 bits per heavy atom. The minimum absolute atomic E-state index is 0. The third kappa shape index (κ3) is 13.2. The molecular weight excluding hydrogens is 591 g/mol. The SMILES string of the molecule is CC(C)(C)c1ccc(OCc2ccccc2)c(CC#N)c1.CC(C)(C)c1ccc(OCc2ccccc2)c(CCl)c1.[C-]#N.[K+]. The number of nitrogens with zero attached hydrogens (tertiary/aromatic N) is 2. The molecule has 4 aromatic rings. The van der Waals surface area contributed by atoms with E-state index >= 15 is 0 Å². The molecule has 44 heavy (non-hydrogen) atoms. The van der Waals surface area contributed by atoms with Crippen molar-refractivity contribution in [2.24, 2.45) is 0 Å². The first-order chi connectivity index (χ1) is 20.5. The summed E-state index contributed by atoms with van der Waals surface area (Å²) in [5.41, 5.74) is 6.99. The molecule has 224 valence electrons. The van der Waals surface area contributed by atoms with Gasteiger partial charge in [-0.2, -0.15) is 5.26 Å². The zero-order valence-electron chi connectivity index (χ0n) is 27.2. The Hall–Kier alpha value is -2.61. The van der Waals surface area contributed by atoms with E-state index in [2.05, 4.69) is 84.0 Å². The van der Waals surface area contributed by atoms with Crippen LogP contribution >= 0.6 is 11.6 Å². The summed E-state index contributed by atoms with van der Waals surface area (Å²) in [6, 6.07) is 34.9. The van der Waals surface area contributed by atoms with Crippen molar-refractivity contribution < 1.29 is 60.9 Å². The standard InChI is InChI=1S/C19H21NO.C18H21ClO.CN.K/c1-19(2,3)17-9-10-18(16(13-17)11-12-20)21-14-15-7-5-4-6-8-15;1-18(2,3)16-9-10-17(15(11-16)12-19)20-13-14-7-5-4-6-8-14;1-2;/h4-10,13H,11,14H2,1-3H3;4-11H,12-13H2,1-3H3;;/q;;-1;+1. The van der Waals surface area contributed by atoms with Crippen molar-refractivity contribution in [2.75, 3.05) is 0 Å². The molecule has 0 heterocycles. The van der Waals surface area contributed by atoms with E-state index in [0.717, 1.165) is 33.8 Å². The molecule has 0 N–H and O–H groups in total. The molecule has 0 aliphatic carbocycles. The first-order valence-corrected chi connectivity index (χ1v) is 14.8. The van der Waals surface area contributed by atoms with Crippen LogP contribution in [0.4, 0.5) is 0 Å². The van der Waals surface area contributed by atoms with Crippen molar-refractivity contribution in [3.05, 3.63) is 137 Å². The van der Waals surface area contributed by atoms with E-state index in [9.17, 15) is 0 Å². The molecule has 0 aliphatic rings. The molecule has 0 aliphatic heterocycles. The summed E-state index contributed by atoms with van der Waals surface area (Å²) in [7, 11) is 0. The monoisotopic (exact) mass is 632 g/mol. The number of halogens is 1. The minimum Gasteiger partial charge on any atom is -0.512 e. The normalized spacial score (nSPS) is 10.5. The van der Waals surface area contributed by atoms with Crippen LogP contribution in [0, 0.1) is 23.2 Å². The fourth-order valence-electron chi connectivity index (χ4n) is 4.17. The molecule has 4 nitrogen and oxygen atoms in total. The zero-order chi connectivity index (χ0) is 31.9. The van der Waals surface area contributed by atoms with Gasteiger partial charge in [0, 0.05) is 11.1 Å². The maximum absolute atomic E-state index is 9.02. The summed E-state index contributed by atoms with van der Waals surface area (Å²) in [6.45, 7) is 18.9. The van der Waals surface area contributed by atoms with Gasteiger partial charge in [-0.3, -0.25) is 0 Å². The quantitative estimate of drug-likeness (QED) is 0.119. The average molecular weight is 633 g/mol. The fraction of sp³-hybridized carbons (Fsp3) is 0.316. The molecule has 0 bridgehead atoms. The Balaban J connectivity index is 0.000000408. The third-order valence-electron chi connectivity index (χ3n) is 6.74. The molecule has 0 unspecified atom stereocenters. The molecule has 0 saturated heterocycles. The van der Waals surface area contributed by atoms with Crippen LogP contribution in [-0.2, 0) is 36.3 Å². The number of hydrogen-bond acceptors (Lipinski definition) is 4.